The topological polar surface area (TPSA) is 54.4 Å². The SMILES string of the molecule is O=CCCCCCC(Cl)C(=O)O. The summed E-state index contributed by atoms with van der Waals surface area (Å²) in [7, 11) is 0. The molecule has 1 unspecified atom stereocenters. The van der Waals surface area contributed by atoms with Gasteiger partial charge in [0.2, 0.25) is 0 Å². The Kier molecular flexibility index (Phi) is 6.76. The molecule has 0 amide bonds. The number of rotatable bonds is 7. The Morgan fingerprint density at radius 2 is 2.08 bits per heavy atom. The van der Waals surface area contributed by atoms with Crippen LogP contribution in [-0.2, 0) is 9.59 Å². The van der Waals surface area contributed by atoms with Crippen LogP contribution in [0.15, 0.2) is 0 Å². The van der Waals surface area contributed by atoms with Crippen LogP contribution in [0.1, 0.15) is 32.1 Å². The summed E-state index contributed by atoms with van der Waals surface area (Å²) in [5.74, 6) is -0.966. The summed E-state index contributed by atoms with van der Waals surface area (Å²) in [5, 5.41) is 7.62. The lowest BCUT2D eigenvalue weighted by Gasteiger charge is -2.01. The van der Waals surface area contributed by atoms with Crippen molar-refractivity contribution in [3.63, 3.8) is 0 Å². The van der Waals surface area contributed by atoms with E-state index in [1.165, 1.54) is 0 Å². The summed E-state index contributed by atoms with van der Waals surface area (Å²) < 4.78 is 0. The van der Waals surface area contributed by atoms with Gasteiger partial charge in [-0.05, 0) is 12.8 Å². The number of carboxylic acids is 1. The van der Waals surface area contributed by atoms with E-state index >= 15 is 0 Å². The number of halogens is 1. The van der Waals surface area contributed by atoms with Crippen LogP contribution in [-0.4, -0.2) is 22.7 Å². The first-order chi connectivity index (χ1) is 5.68. The maximum atomic E-state index is 10.2. The molecule has 0 spiro atoms. The normalized spacial score (nSPS) is 12.4. The molecule has 3 nitrogen and oxygen atoms in total. The lowest BCUT2D eigenvalue weighted by Crippen LogP contribution is -2.12. The van der Waals surface area contributed by atoms with E-state index in [9.17, 15) is 9.59 Å². The van der Waals surface area contributed by atoms with E-state index in [1.54, 1.807) is 0 Å². The zero-order valence-electron chi connectivity index (χ0n) is 6.83. The molecule has 0 aromatic rings. The van der Waals surface area contributed by atoms with E-state index in [0.29, 0.717) is 12.8 Å². The molecule has 0 rings (SSSR count). The zero-order chi connectivity index (χ0) is 9.40. The highest BCUT2D eigenvalue weighted by atomic mass is 35.5. The van der Waals surface area contributed by atoms with Gasteiger partial charge >= 0.3 is 5.97 Å². The van der Waals surface area contributed by atoms with Crippen molar-refractivity contribution in [1.29, 1.82) is 0 Å². The molecule has 1 atom stereocenters. The smallest absolute Gasteiger partial charge is 0.321 e. The molecule has 0 aromatic heterocycles. The third-order valence-electron chi connectivity index (χ3n) is 1.55. The van der Waals surface area contributed by atoms with Gasteiger partial charge in [-0.3, -0.25) is 4.79 Å². The van der Waals surface area contributed by atoms with Crippen LogP contribution in [0.25, 0.3) is 0 Å². The summed E-state index contributed by atoms with van der Waals surface area (Å²) in [6.45, 7) is 0. The number of aldehydes is 1. The molecule has 0 saturated carbocycles. The van der Waals surface area contributed by atoms with Crippen molar-refractivity contribution in [1.82, 2.24) is 0 Å². The van der Waals surface area contributed by atoms with Crippen molar-refractivity contribution in [3.8, 4) is 0 Å². The van der Waals surface area contributed by atoms with Gasteiger partial charge < -0.3 is 9.90 Å². The van der Waals surface area contributed by atoms with Crippen molar-refractivity contribution in [2.24, 2.45) is 0 Å². The quantitative estimate of drug-likeness (QED) is 0.380. The Labute approximate surface area is 76.7 Å². The van der Waals surface area contributed by atoms with Crippen LogP contribution in [0.3, 0.4) is 0 Å². The Hall–Kier alpha value is -0.570. The van der Waals surface area contributed by atoms with Crippen molar-refractivity contribution in [3.05, 3.63) is 0 Å². The average molecular weight is 193 g/mol. The molecule has 0 aromatic carbocycles. The van der Waals surface area contributed by atoms with Crippen LogP contribution in [0.2, 0.25) is 0 Å². The van der Waals surface area contributed by atoms with E-state index in [1.807, 2.05) is 0 Å². The van der Waals surface area contributed by atoms with Crippen LogP contribution >= 0.6 is 11.6 Å². The number of hydrogen-bond acceptors (Lipinski definition) is 2. The summed E-state index contributed by atoms with van der Waals surface area (Å²) >= 11 is 5.46. The van der Waals surface area contributed by atoms with Crippen LogP contribution in [0.5, 0.6) is 0 Å². The van der Waals surface area contributed by atoms with Gasteiger partial charge in [0.05, 0.1) is 0 Å². The first-order valence-corrected chi connectivity index (χ1v) is 4.42. The van der Waals surface area contributed by atoms with Crippen molar-refractivity contribution < 1.29 is 14.7 Å². The van der Waals surface area contributed by atoms with Gasteiger partial charge in [-0.15, -0.1) is 11.6 Å². The molecule has 0 bridgehead atoms. The van der Waals surface area contributed by atoms with E-state index in [2.05, 4.69) is 0 Å². The second-order valence-electron chi connectivity index (χ2n) is 2.61. The molecular formula is C8H13ClO3. The summed E-state index contributed by atoms with van der Waals surface area (Å²) in [6.07, 6.45) is 4.38. The van der Waals surface area contributed by atoms with Gasteiger partial charge in [-0.2, -0.15) is 0 Å². The van der Waals surface area contributed by atoms with E-state index in [-0.39, 0.29) is 0 Å². The maximum absolute atomic E-state index is 10.2. The summed E-state index contributed by atoms with van der Waals surface area (Å²) in [5.41, 5.74) is 0. The number of carbonyl (C=O) groups is 2. The standard InChI is InChI=1S/C8H13ClO3/c9-7(8(11)12)5-3-1-2-4-6-10/h6-7H,1-5H2,(H,11,12). The molecule has 0 aliphatic rings. The second kappa shape index (κ2) is 7.10. The van der Waals surface area contributed by atoms with E-state index in [0.717, 1.165) is 25.5 Å². The fraction of sp³-hybridized carbons (Fsp3) is 0.750. The number of hydrogen-bond donors (Lipinski definition) is 1. The largest absolute Gasteiger partial charge is 0.480 e. The molecule has 70 valence electrons. The molecule has 0 radical (unpaired) electrons. The minimum absolute atomic E-state index is 0.482. The third kappa shape index (κ3) is 6.16. The number of unbranched alkanes of at least 4 members (excludes halogenated alkanes) is 3. The minimum atomic E-state index is -0.966. The van der Waals surface area contributed by atoms with Gasteiger partial charge in [0.15, 0.2) is 0 Å². The molecule has 0 aliphatic carbocycles. The molecule has 4 heteroatoms. The van der Waals surface area contributed by atoms with Crippen molar-refractivity contribution in [2.45, 2.75) is 37.5 Å². The average Bonchev–Trinajstić information content (AvgIpc) is 2.03. The molecule has 0 aliphatic heterocycles. The fourth-order valence-corrected chi connectivity index (χ4v) is 1.01. The first-order valence-electron chi connectivity index (χ1n) is 3.99. The number of aliphatic carboxylic acids is 1. The third-order valence-corrected chi connectivity index (χ3v) is 1.95. The Balaban J connectivity index is 3.19. The second-order valence-corrected chi connectivity index (χ2v) is 3.14. The molecule has 0 saturated heterocycles. The highest BCUT2D eigenvalue weighted by molar-refractivity contribution is 6.29. The Morgan fingerprint density at radius 1 is 1.42 bits per heavy atom. The fourth-order valence-electron chi connectivity index (χ4n) is 0.851. The monoisotopic (exact) mass is 192 g/mol. The van der Waals surface area contributed by atoms with Crippen molar-refractivity contribution >= 4 is 23.9 Å². The van der Waals surface area contributed by atoms with Crippen LogP contribution < -0.4 is 0 Å². The van der Waals surface area contributed by atoms with E-state index in [4.69, 9.17) is 16.7 Å². The highest BCUT2D eigenvalue weighted by Gasteiger charge is 2.11. The zero-order valence-corrected chi connectivity index (χ0v) is 7.59. The molecule has 0 heterocycles. The minimum Gasteiger partial charge on any atom is -0.480 e. The van der Waals surface area contributed by atoms with Gasteiger partial charge in [0.1, 0.15) is 11.7 Å². The predicted molar refractivity (Wildman–Crippen MR) is 46.4 cm³/mol. The number of carbonyl (C=O) groups excluding carboxylic acids is 1. The summed E-state index contributed by atoms with van der Waals surface area (Å²) in [4.78, 5) is 20.1. The lowest BCUT2D eigenvalue weighted by molar-refractivity contribution is -0.136. The molecule has 0 fully saturated rings. The van der Waals surface area contributed by atoms with Crippen molar-refractivity contribution in [2.75, 3.05) is 0 Å². The Morgan fingerprint density at radius 3 is 2.58 bits per heavy atom. The molecule has 1 N–H and O–H groups in total. The number of carboxylic acid groups (broad SMARTS) is 1. The predicted octanol–water partition coefficient (Wildman–Crippen LogP) is 1.83. The first kappa shape index (κ1) is 11.4. The van der Waals surface area contributed by atoms with Gasteiger partial charge in [-0.1, -0.05) is 12.8 Å². The maximum Gasteiger partial charge on any atom is 0.321 e. The molecule has 12 heavy (non-hydrogen) atoms. The molecular weight excluding hydrogens is 180 g/mol. The van der Waals surface area contributed by atoms with Gasteiger partial charge in [0.25, 0.3) is 0 Å². The van der Waals surface area contributed by atoms with Gasteiger partial charge in [-0.25, -0.2) is 0 Å². The van der Waals surface area contributed by atoms with Crippen LogP contribution in [0.4, 0.5) is 0 Å². The lowest BCUT2D eigenvalue weighted by atomic mass is 10.1. The van der Waals surface area contributed by atoms with Crippen LogP contribution in [0, 0.1) is 0 Å². The summed E-state index contributed by atoms with van der Waals surface area (Å²) in [6, 6.07) is 0. The number of alkyl halides is 1. The highest BCUT2D eigenvalue weighted by Crippen LogP contribution is 2.09. The van der Waals surface area contributed by atoms with Gasteiger partial charge in [0, 0.05) is 6.42 Å². The Bertz CT molecular complexity index is 147. The van der Waals surface area contributed by atoms with E-state index < -0.39 is 11.3 Å².